The van der Waals surface area contributed by atoms with Crippen LogP contribution in [0.4, 0.5) is 5.69 Å². The number of hydrogen-bond donors (Lipinski definition) is 1. The largest absolute Gasteiger partial charge is 0.396 e. The summed E-state index contributed by atoms with van der Waals surface area (Å²) >= 11 is 0. The molecule has 0 aromatic heterocycles. The second-order valence-corrected chi connectivity index (χ2v) is 5.00. The SMILES string of the molecule is CC(C)c1ccc(N2CC(CO)CC2=O)cc1. The third-order valence-electron chi connectivity index (χ3n) is 3.33. The molecule has 1 atom stereocenters. The predicted octanol–water partition coefficient (Wildman–Crippen LogP) is 2.16. The van der Waals surface area contributed by atoms with Crippen molar-refractivity contribution in [3.63, 3.8) is 0 Å². The van der Waals surface area contributed by atoms with Crippen LogP contribution in [0.3, 0.4) is 0 Å². The zero-order valence-electron chi connectivity index (χ0n) is 10.4. The van der Waals surface area contributed by atoms with Gasteiger partial charge in [0, 0.05) is 31.2 Å². The van der Waals surface area contributed by atoms with Crippen molar-refractivity contribution >= 4 is 11.6 Å². The Morgan fingerprint density at radius 3 is 2.47 bits per heavy atom. The lowest BCUT2D eigenvalue weighted by atomic mass is 10.0. The first-order valence-electron chi connectivity index (χ1n) is 6.13. The second kappa shape index (κ2) is 4.88. The van der Waals surface area contributed by atoms with E-state index < -0.39 is 0 Å². The highest BCUT2D eigenvalue weighted by molar-refractivity contribution is 5.95. The first-order valence-corrected chi connectivity index (χ1v) is 6.13. The molecule has 3 heteroatoms. The first kappa shape index (κ1) is 12.1. The Morgan fingerprint density at radius 2 is 2.00 bits per heavy atom. The maximum atomic E-state index is 11.8. The molecule has 0 saturated carbocycles. The molecule has 2 rings (SSSR count). The summed E-state index contributed by atoms with van der Waals surface area (Å²) in [6, 6.07) is 8.12. The molecule has 17 heavy (non-hydrogen) atoms. The van der Waals surface area contributed by atoms with Crippen LogP contribution in [0.15, 0.2) is 24.3 Å². The number of hydrogen-bond acceptors (Lipinski definition) is 2. The van der Waals surface area contributed by atoms with Gasteiger partial charge < -0.3 is 10.0 Å². The molecule has 1 aliphatic heterocycles. The molecule has 1 saturated heterocycles. The van der Waals surface area contributed by atoms with E-state index in [9.17, 15) is 4.79 Å². The number of carbonyl (C=O) groups excluding carboxylic acids is 1. The number of carbonyl (C=O) groups is 1. The van der Waals surface area contributed by atoms with Crippen LogP contribution in [0.25, 0.3) is 0 Å². The molecule has 1 heterocycles. The van der Waals surface area contributed by atoms with Gasteiger partial charge in [-0.05, 0) is 23.6 Å². The van der Waals surface area contributed by atoms with Crippen LogP contribution in [0, 0.1) is 5.92 Å². The lowest BCUT2D eigenvalue weighted by molar-refractivity contribution is -0.117. The van der Waals surface area contributed by atoms with E-state index in [1.165, 1.54) is 5.56 Å². The van der Waals surface area contributed by atoms with Gasteiger partial charge in [0.1, 0.15) is 0 Å². The van der Waals surface area contributed by atoms with Gasteiger partial charge in [-0.1, -0.05) is 26.0 Å². The van der Waals surface area contributed by atoms with Crippen molar-refractivity contribution in [1.29, 1.82) is 0 Å². The molecule has 1 unspecified atom stereocenters. The predicted molar refractivity (Wildman–Crippen MR) is 68.1 cm³/mol. The van der Waals surface area contributed by atoms with E-state index in [-0.39, 0.29) is 18.4 Å². The molecule has 1 N–H and O–H groups in total. The summed E-state index contributed by atoms with van der Waals surface area (Å²) in [6.07, 6.45) is 0.461. The number of nitrogens with zero attached hydrogens (tertiary/aromatic N) is 1. The van der Waals surface area contributed by atoms with E-state index in [1.54, 1.807) is 4.90 Å². The number of aliphatic hydroxyl groups is 1. The van der Waals surface area contributed by atoms with Gasteiger partial charge in [0.15, 0.2) is 0 Å². The van der Waals surface area contributed by atoms with E-state index in [4.69, 9.17) is 5.11 Å². The Kier molecular flexibility index (Phi) is 3.48. The molecule has 3 nitrogen and oxygen atoms in total. The van der Waals surface area contributed by atoms with E-state index in [2.05, 4.69) is 26.0 Å². The molecule has 0 bridgehead atoms. The smallest absolute Gasteiger partial charge is 0.227 e. The van der Waals surface area contributed by atoms with Gasteiger partial charge in [-0.3, -0.25) is 4.79 Å². The van der Waals surface area contributed by atoms with Gasteiger partial charge >= 0.3 is 0 Å². The minimum atomic E-state index is 0.0896. The van der Waals surface area contributed by atoms with E-state index in [0.717, 1.165) is 5.69 Å². The van der Waals surface area contributed by atoms with Crippen LogP contribution >= 0.6 is 0 Å². The van der Waals surface area contributed by atoms with Crippen LogP contribution in [0.5, 0.6) is 0 Å². The van der Waals surface area contributed by atoms with Gasteiger partial charge in [-0.25, -0.2) is 0 Å². The average molecular weight is 233 g/mol. The lowest BCUT2D eigenvalue weighted by Crippen LogP contribution is -2.24. The number of amides is 1. The quantitative estimate of drug-likeness (QED) is 0.869. The fraction of sp³-hybridized carbons (Fsp3) is 0.500. The van der Waals surface area contributed by atoms with Crippen molar-refractivity contribution in [3.8, 4) is 0 Å². The second-order valence-electron chi connectivity index (χ2n) is 5.00. The zero-order valence-corrected chi connectivity index (χ0v) is 10.4. The van der Waals surface area contributed by atoms with Crippen LogP contribution in [0.1, 0.15) is 31.7 Å². The molecule has 92 valence electrons. The summed E-state index contributed by atoms with van der Waals surface area (Å²) in [7, 11) is 0. The monoisotopic (exact) mass is 233 g/mol. The van der Waals surface area contributed by atoms with Crippen LogP contribution in [-0.2, 0) is 4.79 Å². The highest BCUT2D eigenvalue weighted by atomic mass is 16.3. The molecule has 1 amide bonds. The highest BCUT2D eigenvalue weighted by Gasteiger charge is 2.29. The van der Waals surface area contributed by atoms with E-state index in [0.29, 0.717) is 18.9 Å². The zero-order chi connectivity index (χ0) is 12.4. The number of benzene rings is 1. The average Bonchev–Trinajstić information content (AvgIpc) is 2.71. The van der Waals surface area contributed by atoms with Crippen molar-refractivity contribution in [2.45, 2.75) is 26.2 Å². The normalized spacial score (nSPS) is 20.4. The Morgan fingerprint density at radius 1 is 1.35 bits per heavy atom. The van der Waals surface area contributed by atoms with Gasteiger partial charge in [0.25, 0.3) is 0 Å². The minimum absolute atomic E-state index is 0.0896. The highest BCUT2D eigenvalue weighted by Crippen LogP contribution is 2.26. The summed E-state index contributed by atoms with van der Waals surface area (Å²) in [5.74, 6) is 0.706. The summed E-state index contributed by atoms with van der Waals surface area (Å²) in [5, 5.41) is 9.09. The topological polar surface area (TPSA) is 40.5 Å². The Hall–Kier alpha value is -1.35. The maximum Gasteiger partial charge on any atom is 0.227 e. The first-order chi connectivity index (χ1) is 8.11. The maximum absolute atomic E-state index is 11.8. The van der Waals surface area contributed by atoms with Crippen molar-refractivity contribution in [2.24, 2.45) is 5.92 Å². The van der Waals surface area contributed by atoms with Gasteiger partial charge in [0.05, 0.1) is 0 Å². The van der Waals surface area contributed by atoms with Crippen LogP contribution < -0.4 is 4.90 Å². The number of aliphatic hydroxyl groups excluding tert-OH is 1. The fourth-order valence-electron chi connectivity index (χ4n) is 2.19. The summed E-state index contributed by atoms with van der Waals surface area (Å²) in [6.45, 7) is 5.03. The summed E-state index contributed by atoms with van der Waals surface area (Å²) in [5.41, 5.74) is 2.22. The standard InChI is InChI=1S/C14H19NO2/c1-10(2)12-3-5-13(6-4-12)15-8-11(9-16)7-14(15)17/h3-6,10-11,16H,7-9H2,1-2H3. The molecule has 1 fully saturated rings. The van der Waals surface area contributed by atoms with Crippen LogP contribution in [-0.4, -0.2) is 24.2 Å². The van der Waals surface area contributed by atoms with Crippen molar-refractivity contribution in [3.05, 3.63) is 29.8 Å². The van der Waals surface area contributed by atoms with Crippen molar-refractivity contribution < 1.29 is 9.90 Å². The summed E-state index contributed by atoms with van der Waals surface area (Å²) in [4.78, 5) is 13.5. The number of rotatable bonds is 3. The number of anilines is 1. The molecule has 0 radical (unpaired) electrons. The van der Waals surface area contributed by atoms with Crippen LogP contribution in [0.2, 0.25) is 0 Å². The fourth-order valence-corrected chi connectivity index (χ4v) is 2.19. The third kappa shape index (κ3) is 2.50. The molecule has 0 aliphatic carbocycles. The van der Waals surface area contributed by atoms with Gasteiger partial charge in [-0.15, -0.1) is 0 Å². The minimum Gasteiger partial charge on any atom is -0.396 e. The van der Waals surface area contributed by atoms with E-state index >= 15 is 0 Å². The molecule has 1 aliphatic rings. The molecular weight excluding hydrogens is 214 g/mol. The van der Waals surface area contributed by atoms with E-state index in [1.807, 2.05) is 12.1 Å². The Labute approximate surface area is 102 Å². The molecular formula is C14H19NO2. The lowest BCUT2D eigenvalue weighted by Gasteiger charge is -2.17. The molecule has 1 aromatic rings. The van der Waals surface area contributed by atoms with Crippen molar-refractivity contribution in [1.82, 2.24) is 0 Å². The molecule has 1 aromatic carbocycles. The van der Waals surface area contributed by atoms with Gasteiger partial charge in [-0.2, -0.15) is 0 Å². The van der Waals surface area contributed by atoms with Crippen molar-refractivity contribution in [2.75, 3.05) is 18.1 Å². The molecule has 0 spiro atoms. The third-order valence-corrected chi connectivity index (χ3v) is 3.33. The van der Waals surface area contributed by atoms with Gasteiger partial charge in [0.2, 0.25) is 5.91 Å². The summed E-state index contributed by atoms with van der Waals surface area (Å²) < 4.78 is 0. The Bertz CT molecular complexity index is 397. The Balaban J connectivity index is 2.15.